The molecule has 0 saturated heterocycles. The summed E-state index contributed by atoms with van der Waals surface area (Å²) in [5.41, 5.74) is -1.10. The lowest BCUT2D eigenvalue weighted by atomic mass is 10.1. The number of amides is 4. The molecule has 0 aromatic carbocycles. The standard InChI is InChI=1S/C25H40N4O7/c1-5-7-8-9-18(32)14-21(33)27-20(11-10-16(3)30)22(34)28-19(6-2)23(35)29-25(12-13-25)24(36)26-15-17(4)31/h8-9,18-20,32H,5-7,10-15H2,1-4H3,(H,26,36)(H,27,33)(H,28,34)(H,29,35)/b9-8+/t18-,19-,20-/m1/s1. The monoisotopic (exact) mass is 508 g/mol. The molecule has 1 fully saturated rings. The average Bonchev–Trinajstić information content (AvgIpc) is 3.58. The van der Waals surface area contributed by atoms with Crippen molar-refractivity contribution < 1.29 is 33.9 Å². The predicted octanol–water partition coefficient (Wildman–Crippen LogP) is 0.197. The van der Waals surface area contributed by atoms with Crippen LogP contribution in [0.25, 0.3) is 0 Å². The second-order valence-electron chi connectivity index (χ2n) is 9.27. The van der Waals surface area contributed by atoms with Gasteiger partial charge in [0.15, 0.2) is 0 Å². The number of aliphatic hydroxyl groups excluding tert-OH is 1. The van der Waals surface area contributed by atoms with Crippen LogP contribution in [0.4, 0.5) is 0 Å². The molecule has 4 amide bonds. The van der Waals surface area contributed by atoms with Gasteiger partial charge < -0.3 is 31.2 Å². The number of hydrogen-bond donors (Lipinski definition) is 5. The van der Waals surface area contributed by atoms with E-state index in [1.165, 1.54) is 19.9 Å². The van der Waals surface area contributed by atoms with E-state index in [0.717, 1.165) is 12.8 Å². The first-order valence-electron chi connectivity index (χ1n) is 12.5. The fourth-order valence-corrected chi connectivity index (χ4v) is 3.40. The van der Waals surface area contributed by atoms with Crippen molar-refractivity contribution >= 4 is 35.2 Å². The van der Waals surface area contributed by atoms with Gasteiger partial charge in [0.05, 0.1) is 19.1 Å². The summed E-state index contributed by atoms with van der Waals surface area (Å²) in [5.74, 6) is -2.61. The normalized spacial score (nSPS) is 16.4. The van der Waals surface area contributed by atoms with Crippen molar-refractivity contribution in [3.05, 3.63) is 12.2 Å². The average molecular weight is 509 g/mol. The summed E-state index contributed by atoms with van der Waals surface area (Å²) >= 11 is 0. The van der Waals surface area contributed by atoms with Crippen LogP contribution in [-0.4, -0.2) is 70.6 Å². The third-order valence-corrected chi connectivity index (χ3v) is 5.73. The number of carbonyl (C=O) groups excluding carboxylic acids is 6. The molecule has 11 heteroatoms. The quantitative estimate of drug-likeness (QED) is 0.175. The van der Waals surface area contributed by atoms with E-state index in [9.17, 15) is 33.9 Å². The third-order valence-electron chi connectivity index (χ3n) is 5.73. The van der Waals surface area contributed by atoms with E-state index in [-0.39, 0.29) is 43.8 Å². The van der Waals surface area contributed by atoms with E-state index in [4.69, 9.17) is 0 Å². The Morgan fingerprint density at radius 2 is 1.61 bits per heavy atom. The molecule has 1 rings (SSSR count). The van der Waals surface area contributed by atoms with Crippen LogP contribution in [0, 0.1) is 0 Å². The number of nitrogens with one attached hydrogen (secondary N) is 4. The van der Waals surface area contributed by atoms with E-state index in [0.29, 0.717) is 12.8 Å². The number of aliphatic hydroxyl groups is 1. The smallest absolute Gasteiger partial charge is 0.246 e. The summed E-state index contributed by atoms with van der Waals surface area (Å²) in [6, 6.07) is -2.06. The van der Waals surface area contributed by atoms with Crippen LogP contribution >= 0.6 is 0 Å². The van der Waals surface area contributed by atoms with E-state index >= 15 is 0 Å². The number of Topliss-reactive ketones (excluding diaryl/α,β-unsaturated/α-hetero) is 2. The van der Waals surface area contributed by atoms with Gasteiger partial charge in [0.1, 0.15) is 29.2 Å². The first-order valence-corrected chi connectivity index (χ1v) is 12.5. The highest BCUT2D eigenvalue weighted by Gasteiger charge is 2.51. The second-order valence-corrected chi connectivity index (χ2v) is 9.27. The van der Waals surface area contributed by atoms with Crippen molar-refractivity contribution in [3.63, 3.8) is 0 Å². The number of allylic oxidation sites excluding steroid dienone is 1. The largest absolute Gasteiger partial charge is 0.389 e. The molecule has 1 aliphatic carbocycles. The highest BCUT2D eigenvalue weighted by molar-refractivity contribution is 5.98. The molecule has 0 bridgehead atoms. The topological polar surface area (TPSA) is 171 Å². The third kappa shape index (κ3) is 11.1. The van der Waals surface area contributed by atoms with Gasteiger partial charge in [0.25, 0.3) is 0 Å². The van der Waals surface area contributed by atoms with Gasteiger partial charge in [0, 0.05) is 6.42 Å². The van der Waals surface area contributed by atoms with Gasteiger partial charge in [-0.2, -0.15) is 0 Å². The van der Waals surface area contributed by atoms with Crippen molar-refractivity contribution in [1.29, 1.82) is 0 Å². The summed E-state index contributed by atoms with van der Waals surface area (Å²) in [6.45, 7) is 6.24. The zero-order valence-electron chi connectivity index (χ0n) is 21.6. The zero-order chi connectivity index (χ0) is 27.3. The van der Waals surface area contributed by atoms with Gasteiger partial charge in [0.2, 0.25) is 23.6 Å². The fourth-order valence-electron chi connectivity index (χ4n) is 3.40. The lowest BCUT2D eigenvalue weighted by Gasteiger charge is -2.24. The highest BCUT2D eigenvalue weighted by Crippen LogP contribution is 2.35. The van der Waals surface area contributed by atoms with Crippen molar-refractivity contribution in [2.75, 3.05) is 6.54 Å². The lowest BCUT2D eigenvalue weighted by Crippen LogP contribution is -2.57. The molecule has 0 aromatic heterocycles. The molecule has 3 atom stereocenters. The van der Waals surface area contributed by atoms with E-state index in [2.05, 4.69) is 21.3 Å². The molecule has 0 aromatic rings. The minimum absolute atomic E-state index is 0.0319. The van der Waals surface area contributed by atoms with Crippen LogP contribution in [0.5, 0.6) is 0 Å². The van der Waals surface area contributed by atoms with Gasteiger partial charge in [-0.3, -0.25) is 24.0 Å². The molecule has 0 heterocycles. The van der Waals surface area contributed by atoms with Crippen LogP contribution in [0.15, 0.2) is 12.2 Å². The van der Waals surface area contributed by atoms with Crippen LogP contribution < -0.4 is 21.3 Å². The van der Waals surface area contributed by atoms with E-state index in [1.807, 2.05) is 6.92 Å². The van der Waals surface area contributed by atoms with Gasteiger partial charge in [-0.15, -0.1) is 0 Å². The molecule has 36 heavy (non-hydrogen) atoms. The lowest BCUT2D eigenvalue weighted by molar-refractivity contribution is -0.134. The predicted molar refractivity (Wildman–Crippen MR) is 133 cm³/mol. The molecule has 0 spiro atoms. The van der Waals surface area contributed by atoms with Crippen molar-refractivity contribution in [2.24, 2.45) is 0 Å². The maximum Gasteiger partial charge on any atom is 0.246 e. The van der Waals surface area contributed by atoms with Gasteiger partial charge in [-0.1, -0.05) is 32.4 Å². The number of rotatable bonds is 17. The second kappa shape index (κ2) is 15.1. The molecule has 1 aliphatic rings. The molecule has 0 radical (unpaired) electrons. The molecule has 5 N–H and O–H groups in total. The Labute approximate surface area is 212 Å². The molecule has 0 aliphatic heterocycles. The summed E-state index contributed by atoms with van der Waals surface area (Å²) < 4.78 is 0. The van der Waals surface area contributed by atoms with Crippen LogP contribution in [0.3, 0.4) is 0 Å². The fraction of sp³-hybridized carbons (Fsp3) is 0.680. The molecule has 202 valence electrons. The summed E-state index contributed by atoms with van der Waals surface area (Å²) in [7, 11) is 0. The zero-order valence-corrected chi connectivity index (χ0v) is 21.6. The minimum atomic E-state index is -1.10. The van der Waals surface area contributed by atoms with E-state index < -0.39 is 47.4 Å². The Kier molecular flexibility index (Phi) is 13.0. The Morgan fingerprint density at radius 3 is 2.14 bits per heavy atom. The minimum Gasteiger partial charge on any atom is -0.389 e. The molecular weight excluding hydrogens is 468 g/mol. The summed E-state index contributed by atoms with van der Waals surface area (Å²) in [5, 5.41) is 20.3. The SMILES string of the molecule is CCC/C=C/[C@@H](O)CC(=O)N[C@H](CCC(C)=O)C(=O)N[C@H](CC)C(=O)NC1(C(=O)NCC(C)=O)CC1. The maximum atomic E-state index is 12.9. The Balaban J connectivity index is 2.78. The van der Waals surface area contributed by atoms with Crippen LogP contribution in [0.2, 0.25) is 0 Å². The number of ketones is 2. The highest BCUT2D eigenvalue weighted by atomic mass is 16.3. The Hall–Kier alpha value is -3.08. The molecule has 0 unspecified atom stereocenters. The maximum absolute atomic E-state index is 12.9. The first-order chi connectivity index (χ1) is 16.9. The van der Waals surface area contributed by atoms with Crippen LogP contribution in [0.1, 0.15) is 79.1 Å². The van der Waals surface area contributed by atoms with Gasteiger partial charge in [-0.25, -0.2) is 0 Å². The van der Waals surface area contributed by atoms with Crippen molar-refractivity contribution in [3.8, 4) is 0 Å². The molecule has 11 nitrogen and oxygen atoms in total. The van der Waals surface area contributed by atoms with Gasteiger partial charge in [-0.05, 0) is 46.0 Å². The molecule has 1 saturated carbocycles. The number of hydrogen-bond acceptors (Lipinski definition) is 7. The number of carbonyl (C=O) groups is 6. The summed E-state index contributed by atoms with van der Waals surface area (Å²) in [4.78, 5) is 73.2. The van der Waals surface area contributed by atoms with Crippen molar-refractivity contribution in [2.45, 2.75) is 103 Å². The Bertz CT molecular complexity index is 851. The first kappa shape index (κ1) is 31.0. The van der Waals surface area contributed by atoms with E-state index in [1.54, 1.807) is 13.0 Å². The Morgan fingerprint density at radius 1 is 0.944 bits per heavy atom. The number of unbranched alkanes of at least 4 members (excludes halogenated alkanes) is 1. The molecular formula is C25H40N4O7. The van der Waals surface area contributed by atoms with Crippen molar-refractivity contribution in [1.82, 2.24) is 21.3 Å². The summed E-state index contributed by atoms with van der Waals surface area (Å²) in [6.07, 6.45) is 4.83. The van der Waals surface area contributed by atoms with Gasteiger partial charge >= 0.3 is 0 Å². The van der Waals surface area contributed by atoms with Crippen LogP contribution in [-0.2, 0) is 28.8 Å².